The number of hydrogen-bond donors (Lipinski definition) is 2. The Kier molecular flexibility index (Phi) is 3.83. The van der Waals surface area contributed by atoms with E-state index in [1.54, 1.807) is 6.92 Å². The van der Waals surface area contributed by atoms with Crippen LogP contribution in [0.1, 0.15) is 27.7 Å². The lowest BCUT2D eigenvalue weighted by Crippen LogP contribution is -2.19. The first-order valence-electron chi connectivity index (χ1n) is 5.59. The number of carbonyl (C=O) groups excluding carboxylic acids is 2. The van der Waals surface area contributed by atoms with E-state index in [4.69, 9.17) is 15.2 Å². The molecule has 1 aliphatic heterocycles. The van der Waals surface area contributed by atoms with Gasteiger partial charge in [0.25, 0.3) is 5.91 Å². The first kappa shape index (κ1) is 12.8. The van der Waals surface area contributed by atoms with Crippen molar-refractivity contribution in [3.05, 3.63) is 16.0 Å². The number of anilines is 1. The zero-order chi connectivity index (χ0) is 13.1. The Bertz CT molecular complexity index is 484. The third-order valence-corrected chi connectivity index (χ3v) is 3.68. The van der Waals surface area contributed by atoms with Gasteiger partial charge in [0.1, 0.15) is 5.00 Å². The van der Waals surface area contributed by atoms with Gasteiger partial charge in [0.05, 0.1) is 25.4 Å². The van der Waals surface area contributed by atoms with Crippen molar-refractivity contribution in [2.75, 3.05) is 18.5 Å². The van der Waals surface area contributed by atoms with Crippen LogP contribution in [0.4, 0.5) is 9.80 Å². The van der Waals surface area contributed by atoms with Gasteiger partial charge >= 0.3 is 6.09 Å². The molecule has 1 aromatic rings. The molecule has 0 saturated carbocycles. The summed E-state index contributed by atoms with van der Waals surface area (Å²) in [5, 5.41) is 2.99. The van der Waals surface area contributed by atoms with Crippen molar-refractivity contribution in [1.82, 2.24) is 0 Å². The van der Waals surface area contributed by atoms with E-state index in [-0.39, 0.29) is 6.61 Å². The average Bonchev–Trinajstić information content (AvgIpc) is 2.66. The van der Waals surface area contributed by atoms with E-state index < -0.39 is 12.0 Å². The van der Waals surface area contributed by atoms with Crippen LogP contribution in [-0.2, 0) is 22.5 Å². The molecule has 0 aliphatic carbocycles. The lowest BCUT2D eigenvalue weighted by atomic mass is 10.1. The summed E-state index contributed by atoms with van der Waals surface area (Å²) in [7, 11) is 0. The van der Waals surface area contributed by atoms with Gasteiger partial charge in [-0.25, -0.2) is 4.79 Å². The molecule has 0 spiro atoms. The summed E-state index contributed by atoms with van der Waals surface area (Å²) >= 11 is 1.31. The van der Waals surface area contributed by atoms with Crippen LogP contribution in [0.3, 0.4) is 0 Å². The molecule has 2 rings (SSSR count). The quantitative estimate of drug-likeness (QED) is 0.870. The molecule has 0 radical (unpaired) electrons. The van der Waals surface area contributed by atoms with Crippen LogP contribution in [0, 0.1) is 0 Å². The molecule has 6 nitrogen and oxygen atoms in total. The number of ether oxygens (including phenoxy) is 2. The second-order valence-corrected chi connectivity index (χ2v) is 4.83. The van der Waals surface area contributed by atoms with E-state index in [1.807, 2.05) is 0 Å². The number of thiophene rings is 1. The fourth-order valence-electron chi connectivity index (χ4n) is 1.84. The predicted octanol–water partition coefficient (Wildman–Crippen LogP) is 1.49. The highest BCUT2D eigenvalue weighted by Crippen LogP contribution is 2.36. The van der Waals surface area contributed by atoms with Crippen LogP contribution in [0.25, 0.3) is 0 Å². The maximum Gasteiger partial charge on any atom is 0.412 e. The zero-order valence-corrected chi connectivity index (χ0v) is 10.8. The summed E-state index contributed by atoms with van der Waals surface area (Å²) < 4.78 is 10.1. The minimum Gasteiger partial charge on any atom is -0.450 e. The van der Waals surface area contributed by atoms with Gasteiger partial charge in [0, 0.05) is 4.88 Å². The molecule has 7 heteroatoms. The molecule has 98 valence electrons. The van der Waals surface area contributed by atoms with E-state index in [0.29, 0.717) is 30.2 Å². The molecule has 18 heavy (non-hydrogen) atoms. The summed E-state index contributed by atoms with van der Waals surface area (Å²) in [5.74, 6) is -0.541. The number of amides is 2. The first-order valence-corrected chi connectivity index (χ1v) is 6.41. The number of fused-ring (bicyclic) bond motifs is 1. The molecule has 1 aliphatic rings. The van der Waals surface area contributed by atoms with Crippen LogP contribution in [0.2, 0.25) is 0 Å². The van der Waals surface area contributed by atoms with Gasteiger partial charge in [-0.1, -0.05) is 0 Å². The normalized spacial score (nSPS) is 13.8. The average molecular weight is 270 g/mol. The molecule has 2 amide bonds. The monoisotopic (exact) mass is 270 g/mol. The summed E-state index contributed by atoms with van der Waals surface area (Å²) in [6, 6.07) is 0. The van der Waals surface area contributed by atoms with Crippen LogP contribution < -0.4 is 11.1 Å². The minimum absolute atomic E-state index is 0.270. The molecule has 1 aromatic heterocycles. The molecule has 3 N–H and O–H groups in total. The van der Waals surface area contributed by atoms with E-state index in [2.05, 4.69) is 5.32 Å². The summed E-state index contributed by atoms with van der Waals surface area (Å²) in [5.41, 5.74) is 6.63. The predicted molar refractivity (Wildman–Crippen MR) is 66.8 cm³/mol. The lowest BCUT2D eigenvalue weighted by molar-refractivity contribution is 0.0991. The summed E-state index contributed by atoms with van der Waals surface area (Å²) in [4.78, 5) is 23.8. The molecule has 0 unspecified atom stereocenters. The maximum atomic E-state index is 11.5. The van der Waals surface area contributed by atoms with Crippen molar-refractivity contribution >= 4 is 28.3 Å². The molecule has 0 saturated heterocycles. The molecule has 0 aromatic carbocycles. The molecule has 0 bridgehead atoms. The van der Waals surface area contributed by atoms with Gasteiger partial charge in [-0.2, -0.15) is 0 Å². The van der Waals surface area contributed by atoms with Crippen molar-refractivity contribution < 1.29 is 19.1 Å². The Morgan fingerprint density at radius 2 is 2.33 bits per heavy atom. The molecule has 2 heterocycles. The van der Waals surface area contributed by atoms with Crippen molar-refractivity contribution in [3.8, 4) is 0 Å². The van der Waals surface area contributed by atoms with Crippen molar-refractivity contribution in [2.24, 2.45) is 5.73 Å². The fraction of sp³-hybridized carbons (Fsp3) is 0.455. The Morgan fingerprint density at radius 1 is 1.56 bits per heavy atom. The number of primary amides is 1. The van der Waals surface area contributed by atoms with Crippen LogP contribution in [0.5, 0.6) is 0 Å². The number of hydrogen-bond acceptors (Lipinski definition) is 5. The minimum atomic E-state index is -0.584. The summed E-state index contributed by atoms with van der Waals surface area (Å²) in [6.07, 6.45) is 0.0498. The summed E-state index contributed by atoms with van der Waals surface area (Å²) in [6.45, 7) is 2.99. The van der Waals surface area contributed by atoms with Gasteiger partial charge in [0.2, 0.25) is 0 Å². The van der Waals surface area contributed by atoms with Crippen LogP contribution in [0.15, 0.2) is 0 Å². The van der Waals surface area contributed by atoms with Gasteiger partial charge < -0.3 is 15.2 Å². The Balaban J connectivity index is 2.31. The lowest BCUT2D eigenvalue weighted by Gasteiger charge is -2.12. The van der Waals surface area contributed by atoms with Crippen molar-refractivity contribution in [3.63, 3.8) is 0 Å². The number of carbonyl (C=O) groups is 2. The zero-order valence-electron chi connectivity index (χ0n) is 9.95. The topological polar surface area (TPSA) is 90.6 Å². The molecular weight excluding hydrogens is 256 g/mol. The Morgan fingerprint density at radius 3 is 3.00 bits per heavy atom. The van der Waals surface area contributed by atoms with E-state index in [9.17, 15) is 9.59 Å². The van der Waals surface area contributed by atoms with Crippen LogP contribution >= 0.6 is 11.3 Å². The van der Waals surface area contributed by atoms with Gasteiger partial charge in [-0.3, -0.25) is 10.1 Å². The fourth-order valence-corrected chi connectivity index (χ4v) is 3.02. The largest absolute Gasteiger partial charge is 0.450 e. The maximum absolute atomic E-state index is 11.5. The van der Waals surface area contributed by atoms with E-state index >= 15 is 0 Å². The highest BCUT2D eigenvalue weighted by atomic mass is 32.1. The first-order chi connectivity index (χ1) is 8.63. The van der Waals surface area contributed by atoms with Crippen molar-refractivity contribution in [2.45, 2.75) is 20.0 Å². The number of nitrogens with two attached hydrogens (primary N) is 1. The van der Waals surface area contributed by atoms with Gasteiger partial charge in [-0.15, -0.1) is 11.3 Å². The van der Waals surface area contributed by atoms with Crippen molar-refractivity contribution in [1.29, 1.82) is 0 Å². The second-order valence-electron chi connectivity index (χ2n) is 3.72. The van der Waals surface area contributed by atoms with Gasteiger partial charge in [-0.05, 0) is 18.9 Å². The molecular formula is C11H14N2O4S. The number of nitrogens with one attached hydrogen (secondary N) is 1. The highest BCUT2D eigenvalue weighted by Gasteiger charge is 2.25. The standard InChI is InChI=1S/C11H14N2O4S/c1-2-17-11(15)13-10-8(9(12)14)6-3-4-16-5-7(6)18-10/h2-5H2,1H3,(H2,12,14)(H,13,15). The number of rotatable bonds is 3. The third kappa shape index (κ3) is 2.46. The van der Waals surface area contributed by atoms with Crippen LogP contribution in [-0.4, -0.2) is 25.2 Å². The SMILES string of the molecule is CCOC(=O)Nc1sc2c(c1C(N)=O)CCOC2. The Hall–Kier alpha value is -1.60. The molecule has 0 atom stereocenters. The second kappa shape index (κ2) is 5.36. The highest BCUT2D eigenvalue weighted by molar-refractivity contribution is 7.17. The van der Waals surface area contributed by atoms with Gasteiger partial charge in [0.15, 0.2) is 0 Å². The smallest absolute Gasteiger partial charge is 0.412 e. The third-order valence-electron chi connectivity index (χ3n) is 2.56. The Labute approximate surface area is 108 Å². The van der Waals surface area contributed by atoms with E-state index in [0.717, 1.165) is 10.4 Å². The van der Waals surface area contributed by atoms with E-state index in [1.165, 1.54) is 11.3 Å². The molecule has 0 fully saturated rings.